The number of hydrogen-bond donors (Lipinski definition) is 1. The number of ether oxygens (including phenoxy) is 1. The summed E-state index contributed by atoms with van der Waals surface area (Å²) in [6.07, 6.45) is 4.69. The molecule has 1 amide bonds. The summed E-state index contributed by atoms with van der Waals surface area (Å²) in [7, 11) is 0. The van der Waals surface area contributed by atoms with E-state index in [0.717, 1.165) is 68.9 Å². The van der Waals surface area contributed by atoms with Gasteiger partial charge in [-0.1, -0.05) is 36.4 Å². The van der Waals surface area contributed by atoms with E-state index in [9.17, 15) is 4.79 Å². The van der Waals surface area contributed by atoms with E-state index in [0.29, 0.717) is 6.61 Å². The van der Waals surface area contributed by atoms with Crippen molar-refractivity contribution in [1.82, 2.24) is 15.2 Å². The fraction of sp³-hybridized carbons (Fsp3) is 0.455. The van der Waals surface area contributed by atoms with Crippen LogP contribution in [-0.2, 0) is 11.3 Å². The third-order valence-electron chi connectivity index (χ3n) is 5.53. The molecule has 2 aromatic rings. The maximum absolute atomic E-state index is 12.9. The number of amides is 1. The Labute approximate surface area is 166 Å². The van der Waals surface area contributed by atoms with Crippen molar-refractivity contribution in [2.75, 3.05) is 37.6 Å². The molecular formula is C22H28N4O2. The summed E-state index contributed by atoms with van der Waals surface area (Å²) in [6, 6.07) is 14.0. The molecule has 1 aromatic heterocycles. The lowest BCUT2D eigenvalue weighted by Crippen LogP contribution is -2.45. The van der Waals surface area contributed by atoms with Crippen LogP contribution in [0.3, 0.4) is 0 Å². The second kappa shape index (κ2) is 9.06. The van der Waals surface area contributed by atoms with Gasteiger partial charge < -0.3 is 19.9 Å². The van der Waals surface area contributed by atoms with E-state index in [1.54, 1.807) is 0 Å². The van der Waals surface area contributed by atoms with Gasteiger partial charge in [0.1, 0.15) is 12.4 Å². The Hall–Kier alpha value is -2.60. The van der Waals surface area contributed by atoms with E-state index >= 15 is 0 Å². The van der Waals surface area contributed by atoms with E-state index in [-0.39, 0.29) is 12.1 Å². The molecule has 2 aliphatic rings. The van der Waals surface area contributed by atoms with Crippen molar-refractivity contribution < 1.29 is 9.53 Å². The summed E-state index contributed by atoms with van der Waals surface area (Å²) in [4.78, 5) is 21.8. The Balaban J connectivity index is 1.51. The molecule has 0 bridgehead atoms. The number of nitrogens with zero attached hydrogens (tertiary/aromatic N) is 3. The van der Waals surface area contributed by atoms with Crippen LogP contribution in [-0.4, -0.2) is 48.7 Å². The third-order valence-corrected chi connectivity index (χ3v) is 5.53. The number of hydrogen-bond acceptors (Lipinski definition) is 5. The molecule has 2 fully saturated rings. The molecule has 0 spiro atoms. The van der Waals surface area contributed by atoms with Gasteiger partial charge in [-0.05, 0) is 30.9 Å². The summed E-state index contributed by atoms with van der Waals surface area (Å²) >= 11 is 0. The number of pyridine rings is 1. The standard InChI is InChI=1S/C22H28N4O2/c27-22(28-17-18-7-2-1-3-8-18)26-14-5-4-10-20(26)19-9-6-11-24-21(19)25-15-12-23-13-16-25/h1-3,6-9,11,20,23H,4-5,10,12-17H2. The molecule has 1 unspecified atom stereocenters. The SMILES string of the molecule is O=C(OCc1ccccc1)N1CCCCC1c1cccnc1N1CCNCC1. The van der Waals surface area contributed by atoms with E-state index in [1.807, 2.05) is 47.5 Å². The molecule has 1 atom stereocenters. The van der Waals surface area contributed by atoms with Crippen LogP contribution in [0.1, 0.15) is 36.4 Å². The number of likely N-dealkylation sites (tertiary alicyclic amines) is 1. The second-order valence-corrected chi connectivity index (χ2v) is 7.40. The van der Waals surface area contributed by atoms with Gasteiger partial charge in [0.05, 0.1) is 6.04 Å². The third kappa shape index (κ3) is 4.28. The molecule has 28 heavy (non-hydrogen) atoms. The van der Waals surface area contributed by atoms with Crippen molar-refractivity contribution >= 4 is 11.9 Å². The van der Waals surface area contributed by atoms with Crippen LogP contribution >= 0.6 is 0 Å². The number of piperazine rings is 1. The quantitative estimate of drug-likeness (QED) is 0.881. The van der Waals surface area contributed by atoms with E-state index in [1.165, 1.54) is 0 Å². The van der Waals surface area contributed by atoms with Crippen molar-refractivity contribution in [3.8, 4) is 0 Å². The highest BCUT2D eigenvalue weighted by atomic mass is 16.6. The number of piperidine rings is 1. The topological polar surface area (TPSA) is 57.7 Å². The average molecular weight is 380 g/mol. The molecule has 3 heterocycles. The first-order chi connectivity index (χ1) is 13.8. The van der Waals surface area contributed by atoms with Crippen molar-refractivity contribution in [1.29, 1.82) is 0 Å². The molecule has 148 valence electrons. The highest BCUT2D eigenvalue weighted by Crippen LogP contribution is 2.36. The normalized spacial score (nSPS) is 20.1. The van der Waals surface area contributed by atoms with Crippen molar-refractivity contribution in [3.63, 3.8) is 0 Å². The molecule has 6 nitrogen and oxygen atoms in total. The summed E-state index contributed by atoms with van der Waals surface area (Å²) in [6.45, 7) is 4.84. The Bertz CT molecular complexity index is 777. The largest absolute Gasteiger partial charge is 0.445 e. The highest BCUT2D eigenvalue weighted by Gasteiger charge is 2.32. The zero-order valence-electron chi connectivity index (χ0n) is 16.2. The number of aromatic nitrogens is 1. The maximum Gasteiger partial charge on any atom is 0.410 e. The zero-order valence-corrected chi connectivity index (χ0v) is 16.2. The van der Waals surface area contributed by atoms with Crippen LogP contribution in [0.25, 0.3) is 0 Å². The van der Waals surface area contributed by atoms with E-state index in [4.69, 9.17) is 4.74 Å². The number of carbonyl (C=O) groups is 1. The van der Waals surface area contributed by atoms with Gasteiger partial charge in [-0.15, -0.1) is 0 Å². The number of nitrogens with one attached hydrogen (secondary N) is 1. The van der Waals surface area contributed by atoms with Gasteiger partial charge in [0, 0.05) is 44.5 Å². The molecule has 1 N–H and O–H groups in total. The van der Waals surface area contributed by atoms with Gasteiger partial charge in [0.15, 0.2) is 0 Å². The van der Waals surface area contributed by atoms with Crippen molar-refractivity contribution in [2.24, 2.45) is 0 Å². The lowest BCUT2D eigenvalue weighted by molar-refractivity contribution is 0.0679. The monoisotopic (exact) mass is 380 g/mol. The van der Waals surface area contributed by atoms with Gasteiger partial charge in [-0.2, -0.15) is 0 Å². The van der Waals surface area contributed by atoms with Crippen LogP contribution in [0, 0.1) is 0 Å². The maximum atomic E-state index is 12.9. The smallest absolute Gasteiger partial charge is 0.410 e. The van der Waals surface area contributed by atoms with E-state index in [2.05, 4.69) is 21.3 Å². The Morgan fingerprint density at radius 3 is 2.71 bits per heavy atom. The molecule has 2 saturated heterocycles. The van der Waals surface area contributed by atoms with Crippen LogP contribution < -0.4 is 10.2 Å². The second-order valence-electron chi connectivity index (χ2n) is 7.40. The molecule has 0 aliphatic carbocycles. The summed E-state index contributed by atoms with van der Waals surface area (Å²) in [5.41, 5.74) is 2.15. The zero-order chi connectivity index (χ0) is 19.2. The van der Waals surface area contributed by atoms with Crippen LogP contribution in [0.15, 0.2) is 48.7 Å². The minimum atomic E-state index is -0.233. The van der Waals surface area contributed by atoms with Gasteiger partial charge in [0.25, 0.3) is 0 Å². The number of anilines is 1. The molecule has 4 rings (SSSR count). The number of rotatable bonds is 4. The molecule has 0 saturated carbocycles. The summed E-state index contributed by atoms with van der Waals surface area (Å²) < 4.78 is 5.65. The first kappa shape index (κ1) is 18.7. The first-order valence-corrected chi connectivity index (χ1v) is 10.2. The Kier molecular flexibility index (Phi) is 6.07. The summed E-state index contributed by atoms with van der Waals surface area (Å²) in [5.74, 6) is 1.01. The fourth-order valence-corrected chi connectivity index (χ4v) is 4.09. The minimum absolute atomic E-state index is 0.0237. The molecule has 1 aromatic carbocycles. The number of carbonyl (C=O) groups excluding carboxylic acids is 1. The van der Waals surface area contributed by atoms with Crippen molar-refractivity contribution in [2.45, 2.75) is 31.9 Å². The van der Waals surface area contributed by atoms with Crippen LogP contribution in [0.2, 0.25) is 0 Å². The first-order valence-electron chi connectivity index (χ1n) is 10.2. The van der Waals surface area contributed by atoms with Crippen LogP contribution in [0.4, 0.5) is 10.6 Å². The molecule has 0 radical (unpaired) electrons. The number of benzene rings is 1. The predicted octanol–water partition coefficient (Wildman–Crippen LogP) is 3.36. The highest BCUT2D eigenvalue weighted by molar-refractivity contribution is 5.69. The molecule has 2 aliphatic heterocycles. The lowest BCUT2D eigenvalue weighted by Gasteiger charge is -2.38. The Morgan fingerprint density at radius 1 is 1.07 bits per heavy atom. The van der Waals surface area contributed by atoms with Gasteiger partial charge in [-0.25, -0.2) is 9.78 Å². The van der Waals surface area contributed by atoms with E-state index < -0.39 is 0 Å². The summed E-state index contributed by atoms with van der Waals surface area (Å²) in [5, 5.41) is 3.39. The molecule has 6 heteroatoms. The fourth-order valence-electron chi connectivity index (χ4n) is 4.09. The van der Waals surface area contributed by atoms with Gasteiger partial charge >= 0.3 is 6.09 Å². The van der Waals surface area contributed by atoms with Crippen molar-refractivity contribution in [3.05, 3.63) is 59.8 Å². The van der Waals surface area contributed by atoms with Gasteiger partial charge in [-0.3, -0.25) is 0 Å². The molecular weight excluding hydrogens is 352 g/mol. The predicted molar refractivity (Wildman–Crippen MR) is 109 cm³/mol. The minimum Gasteiger partial charge on any atom is -0.445 e. The van der Waals surface area contributed by atoms with Gasteiger partial charge in [0.2, 0.25) is 0 Å². The van der Waals surface area contributed by atoms with Crippen LogP contribution in [0.5, 0.6) is 0 Å². The lowest BCUT2D eigenvalue weighted by atomic mass is 9.95. The Morgan fingerprint density at radius 2 is 1.89 bits per heavy atom. The average Bonchev–Trinajstić information content (AvgIpc) is 2.79.